The number of aliphatic carboxylic acids is 1. The quantitative estimate of drug-likeness (QED) is 0.255. The molecule has 2 aromatic rings. The van der Waals surface area contributed by atoms with E-state index in [-0.39, 0.29) is 19.3 Å². The maximum Gasteiger partial charge on any atom is 0.326 e. The van der Waals surface area contributed by atoms with Crippen LogP contribution in [0.2, 0.25) is 0 Å². The molecule has 1 amide bonds. The van der Waals surface area contributed by atoms with Crippen molar-refractivity contribution in [2.75, 3.05) is 19.0 Å². The summed E-state index contributed by atoms with van der Waals surface area (Å²) in [5.41, 5.74) is 10.8. The molecule has 0 aliphatic carbocycles. The van der Waals surface area contributed by atoms with Crippen molar-refractivity contribution >= 4 is 40.5 Å². The number of aromatic amines is 1. The van der Waals surface area contributed by atoms with E-state index in [2.05, 4.69) is 15.1 Å². The van der Waals surface area contributed by atoms with Crippen LogP contribution in [0.15, 0.2) is 24.4 Å². The van der Waals surface area contributed by atoms with Crippen LogP contribution in [0.3, 0.4) is 0 Å². The molecule has 0 fully saturated rings. The molecule has 0 saturated carbocycles. The number of carbonyl (C=O) groups excluding carboxylic acids is 2. The van der Waals surface area contributed by atoms with Gasteiger partial charge in [-0.1, -0.05) is 0 Å². The minimum absolute atomic E-state index is 0.00877. The summed E-state index contributed by atoms with van der Waals surface area (Å²) in [4.78, 5) is 42.5. The molecule has 0 spiro atoms. The number of carbonyl (C=O) groups is 3. The number of benzene rings is 1. The topological polar surface area (TPSA) is 159 Å². The first-order valence-electron chi connectivity index (χ1n) is 8.91. The second-order valence-corrected chi connectivity index (χ2v) is 6.81. The number of amides is 1. The van der Waals surface area contributed by atoms with Crippen molar-refractivity contribution < 1.29 is 29.4 Å². The summed E-state index contributed by atoms with van der Waals surface area (Å²) in [6, 6.07) is 4.41. The number of anilines is 1. The molecule has 0 radical (unpaired) electrons. The van der Waals surface area contributed by atoms with Gasteiger partial charge < -0.3 is 30.9 Å². The van der Waals surface area contributed by atoms with Gasteiger partial charge in [-0.2, -0.15) is 4.79 Å². The van der Waals surface area contributed by atoms with Crippen LogP contribution in [0.4, 0.5) is 5.69 Å². The zero-order chi connectivity index (χ0) is 21.6. The lowest BCUT2D eigenvalue weighted by Crippen LogP contribution is -2.46. The fraction of sp³-hybridized carbons (Fsp3) is 0.368. The van der Waals surface area contributed by atoms with E-state index >= 15 is 0 Å². The standard InChI is InChI=1S/C19H23N5O5/c1-24(2)12-3-5-15-14(8-12)11(9-21-15)7-17(26)18(27)23-16(19(28)29)6-4-13(25)10-22-20/h3,5,8-10,16-17,21,26H,4,6-7H2,1-2H3,(H,23,27)(H,28,29)/t16-,17-/m0/s1. The summed E-state index contributed by atoms with van der Waals surface area (Å²) in [7, 11) is 3.80. The molecule has 2 atom stereocenters. The molecule has 2 rings (SSSR count). The van der Waals surface area contributed by atoms with Gasteiger partial charge in [-0.15, -0.1) is 0 Å². The smallest absolute Gasteiger partial charge is 0.326 e. The molecule has 0 aliphatic rings. The first-order chi connectivity index (χ1) is 13.7. The third kappa shape index (κ3) is 5.74. The zero-order valence-electron chi connectivity index (χ0n) is 16.1. The molecule has 1 aromatic carbocycles. The number of hydrogen-bond acceptors (Lipinski definition) is 5. The van der Waals surface area contributed by atoms with Gasteiger partial charge in [0.05, 0.1) is 0 Å². The van der Waals surface area contributed by atoms with Crippen LogP contribution in [0.25, 0.3) is 16.4 Å². The van der Waals surface area contributed by atoms with Crippen LogP contribution in [0, 0.1) is 0 Å². The van der Waals surface area contributed by atoms with Crippen LogP contribution >= 0.6 is 0 Å². The van der Waals surface area contributed by atoms with Gasteiger partial charge in [-0.25, -0.2) is 4.79 Å². The summed E-state index contributed by atoms with van der Waals surface area (Å²) in [5.74, 6) is -2.76. The summed E-state index contributed by atoms with van der Waals surface area (Å²) >= 11 is 0. The Morgan fingerprint density at radius 3 is 2.69 bits per heavy atom. The summed E-state index contributed by atoms with van der Waals surface area (Å²) in [6.45, 7) is 0. The van der Waals surface area contributed by atoms with Crippen LogP contribution < -0.4 is 10.2 Å². The van der Waals surface area contributed by atoms with Crippen molar-refractivity contribution in [1.82, 2.24) is 10.3 Å². The Labute approximate surface area is 166 Å². The molecular formula is C19H23N5O5. The number of ketones is 1. The summed E-state index contributed by atoms with van der Waals surface area (Å²) in [5, 5.41) is 22.6. The molecule has 154 valence electrons. The highest BCUT2D eigenvalue weighted by Crippen LogP contribution is 2.24. The molecule has 10 nitrogen and oxygen atoms in total. The molecular weight excluding hydrogens is 378 g/mol. The first kappa shape index (κ1) is 21.8. The van der Waals surface area contributed by atoms with Gasteiger partial charge in [0.1, 0.15) is 12.1 Å². The maximum absolute atomic E-state index is 12.3. The SMILES string of the molecule is CN(C)c1ccc2[nH]cc(C[C@H](O)C(=O)N[C@@H](CCC(=O)C=[N+]=[N-])C(=O)O)c2c1. The number of hydrogen-bond donors (Lipinski definition) is 4. The monoisotopic (exact) mass is 401 g/mol. The van der Waals surface area contributed by atoms with Gasteiger partial charge in [-0.05, 0) is 30.2 Å². The number of nitrogens with zero attached hydrogens (tertiary/aromatic N) is 3. The van der Waals surface area contributed by atoms with E-state index in [0.717, 1.165) is 16.6 Å². The van der Waals surface area contributed by atoms with E-state index in [4.69, 9.17) is 5.53 Å². The van der Waals surface area contributed by atoms with Gasteiger partial charge in [0.2, 0.25) is 11.7 Å². The molecule has 0 saturated heterocycles. The van der Waals surface area contributed by atoms with E-state index in [1.165, 1.54) is 0 Å². The molecule has 4 N–H and O–H groups in total. The van der Waals surface area contributed by atoms with E-state index in [1.807, 2.05) is 37.2 Å². The van der Waals surface area contributed by atoms with Crippen LogP contribution in [0.1, 0.15) is 18.4 Å². The minimum atomic E-state index is -1.46. The fourth-order valence-electron chi connectivity index (χ4n) is 2.86. The third-order valence-corrected chi connectivity index (χ3v) is 4.48. The predicted octanol–water partition coefficient (Wildman–Crippen LogP) is 0.357. The highest BCUT2D eigenvalue weighted by atomic mass is 16.4. The Hall–Kier alpha value is -3.49. The molecule has 1 heterocycles. The third-order valence-electron chi connectivity index (χ3n) is 4.48. The number of carboxylic acid groups (broad SMARTS) is 1. The first-order valence-corrected chi connectivity index (χ1v) is 8.91. The highest BCUT2D eigenvalue weighted by Gasteiger charge is 2.25. The lowest BCUT2D eigenvalue weighted by Gasteiger charge is -2.17. The summed E-state index contributed by atoms with van der Waals surface area (Å²) < 4.78 is 0. The van der Waals surface area contributed by atoms with Crippen molar-refractivity contribution in [3.8, 4) is 0 Å². The number of aliphatic hydroxyl groups excluding tert-OH is 1. The number of H-pyrrole nitrogens is 1. The number of carboxylic acids is 1. The molecule has 0 unspecified atom stereocenters. The van der Waals surface area contributed by atoms with Crippen molar-refractivity contribution in [2.24, 2.45) is 0 Å². The van der Waals surface area contributed by atoms with Gasteiger partial charge in [-0.3, -0.25) is 9.59 Å². The lowest BCUT2D eigenvalue weighted by molar-refractivity contribution is -0.143. The molecule has 10 heteroatoms. The Balaban J connectivity index is 2.06. The van der Waals surface area contributed by atoms with E-state index in [0.29, 0.717) is 11.8 Å². The van der Waals surface area contributed by atoms with Crippen molar-refractivity contribution in [3.05, 3.63) is 35.5 Å². The Morgan fingerprint density at radius 2 is 2.07 bits per heavy atom. The van der Waals surface area contributed by atoms with Crippen molar-refractivity contribution in [2.45, 2.75) is 31.4 Å². The van der Waals surface area contributed by atoms with E-state index < -0.39 is 29.8 Å². The maximum atomic E-state index is 12.3. The van der Waals surface area contributed by atoms with Crippen molar-refractivity contribution in [3.63, 3.8) is 0 Å². The highest BCUT2D eigenvalue weighted by molar-refractivity contribution is 6.25. The number of Topliss-reactive ketones (excluding diaryl/α,β-unsaturated/α-hetero) is 1. The number of aliphatic hydroxyl groups is 1. The second-order valence-electron chi connectivity index (χ2n) is 6.81. The molecule has 0 bridgehead atoms. The van der Waals surface area contributed by atoms with Crippen molar-refractivity contribution in [1.29, 1.82) is 0 Å². The van der Waals surface area contributed by atoms with Gasteiger partial charge >= 0.3 is 12.2 Å². The van der Waals surface area contributed by atoms with Gasteiger partial charge in [0, 0.05) is 49.7 Å². The number of nitrogens with one attached hydrogen (secondary N) is 2. The number of fused-ring (bicyclic) bond motifs is 1. The Bertz CT molecular complexity index is 961. The fourth-order valence-corrected chi connectivity index (χ4v) is 2.86. The Kier molecular flexibility index (Phi) is 7.24. The van der Waals surface area contributed by atoms with Gasteiger partial charge in [0.25, 0.3) is 0 Å². The number of rotatable bonds is 10. The Morgan fingerprint density at radius 1 is 1.34 bits per heavy atom. The average Bonchev–Trinajstić information content (AvgIpc) is 3.06. The largest absolute Gasteiger partial charge is 0.480 e. The van der Waals surface area contributed by atoms with Gasteiger partial charge in [0.15, 0.2) is 0 Å². The zero-order valence-corrected chi connectivity index (χ0v) is 16.1. The predicted molar refractivity (Wildman–Crippen MR) is 106 cm³/mol. The molecule has 1 aromatic heterocycles. The van der Waals surface area contributed by atoms with E-state index in [9.17, 15) is 24.6 Å². The van der Waals surface area contributed by atoms with Crippen LogP contribution in [-0.4, -0.2) is 70.1 Å². The lowest BCUT2D eigenvalue weighted by atomic mass is 10.0. The summed E-state index contributed by atoms with van der Waals surface area (Å²) in [6.07, 6.45) is 0.459. The van der Waals surface area contributed by atoms with Crippen LogP contribution in [0.5, 0.6) is 0 Å². The molecule has 0 aliphatic heterocycles. The van der Waals surface area contributed by atoms with Crippen LogP contribution in [-0.2, 0) is 20.8 Å². The average molecular weight is 401 g/mol. The minimum Gasteiger partial charge on any atom is -0.480 e. The normalized spacial score (nSPS) is 12.7. The molecule has 29 heavy (non-hydrogen) atoms. The second kappa shape index (κ2) is 9.63. The van der Waals surface area contributed by atoms with E-state index in [1.54, 1.807) is 6.20 Å². The number of aromatic nitrogens is 1.